The number of alkyl halides is 3. The van der Waals surface area contributed by atoms with E-state index in [1.165, 1.54) is 23.1 Å². The molecular weight excluding hydrogens is 297 g/mol. The van der Waals surface area contributed by atoms with E-state index in [1.54, 1.807) is 12.3 Å². The van der Waals surface area contributed by atoms with Crippen LogP contribution in [0.3, 0.4) is 0 Å². The third-order valence-corrected chi connectivity index (χ3v) is 3.05. The molecule has 0 aliphatic carbocycles. The molecule has 0 aromatic heterocycles. The molecule has 0 saturated carbocycles. The Kier molecular flexibility index (Phi) is 4.63. The molecule has 0 fully saturated rings. The van der Waals surface area contributed by atoms with Crippen LogP contribution in [0.2, 0.25) is 0 Å². The number of ether oxygens (including phenoxy) is 1. The fourth-order valence-electron chi connectivity index (χ4n) is 2.30. The van der Waals surface area contributed by atoms with Crippen molar-refractivity contribution in [3.8, 4) is 5.75 Å². The number of nitrogens with zero attached hydrogens (tertiary/aromatic N) is 1. The first kappa shape index (κ1) is 16.2. The Bertz CT molecular complexity index is 570. The number of nitrogens with one attached hydrogen (secondary N) is 1. The molecule has 0 amide bonds. The highest BCUT2D eigenvalue weighted by molar-refractivity contribution is 5.72. The first-order chi connectivity index (χ1) is 10.3. The van der Waals surface area contributed by atoms with Crippen molar-refractivity contribution in [2.24, 2.45) is 5.92 Å². The molecule has 1 aromatic carbocycles. The number of para-hydroxylation sites is 2. The van der Waals surface area contributed by atoms with Gasteiger partial charge in [-0.15, -0.1) is 13.2 Å². The largest absolute Gasteiger partial charge is 0.573 e. The molecule has 4 nitrogen and oxygen atoms in total. The predicted molar refractivity (Wildman–Crippen MR) is 76.1 cm³/mol. The smallest absolute Gasteiger partial charge is 0.404 e. The maximum Gasteiger partial charge on any atom is 0.573 e. The van der Waals surface area contributed by atoms with Gasteiger partial charge in [0.1, 0.15) is 0 Å². The molecule has 7 heteroatoms. The summed E-state index contributed by atoms with van der Waals surface area (Å²) in [6.45, 7) is 4.03. The van der Waals surface area contributed by atoms with Gasteiger partial charge in [-0.25, -0.2) is 0 Å². The molecule has 22 heavy (non-hydrogen) atoms. The number of anilines is 1. The summed E-state index contributed by atoms with van der Waals surface area (Å²) in [7, 11) is 0. The molecule has 1 atom stereocenters. The second-order valence-corrected chi connectivity index (χ2v) is 5.40. The molecule has 1 heterocycles. The third-order valence-electron chi connectivity index (χ3n) is 3.05. The number of carbonyl (C=O) groups excluding carboxylic acids is 1. The van der Waals surface area contributed by atoms with E-state index in [1.807, 2.05) is 13.8 Å². The van der Waals surface area contributed by atoms with Crippen molar-refractivity contribution in [1.29, 1.82) is 0 Å². The van der Waals surface area contributed by atoms with Gasteiger partial charge in [-0.1, -0.05) is 26.0 Å². The minimum atomic E-state index is -4.79. The van der Waals surface area contributed by atoms with Crippen LogP contribution in [0.15, 0.2) is 36.2 Å². The van der Waals surface area contributed by atoms with E-state index in [9.17, 15) is 18.0 Å². The quantitative estimate of drug-likeness (QED) is 0.846. The normalized spacial score (nSPS) is 18.2. The monoisotopic (exact) mass is 314 g/mol. The molecule has 0 radical (unpaired) electrons. The van der Waals surface area contributed by atoms with Crippen LogP contribution < -0.4 is 15.0 Å². The van der Waals surface area contributed by atoms with Crippen molar-refractivity contribution in [1.82, 2.24) is 5.32 Å². The van der Waals surface area contributed by atoms with Crippen LogP contribution in [0.4, 0.5) is 18.9 Å². The van der Waals surface area contributed by atoms with Crippen LogP contribution in [0, 0.1) is 5.92 Å². The Hall–Kier alpha value is -2.18. The molecule has 0 saturated heterocycles. The van der Waals surface area contributed by atoms with E-state index >= 15 is 0 Å². The van der Waals surface area contributed by atoms with E-state index in [0.717, 1.165) is 5.70 Å². The number of benzene rings is 1. The van der Waals surface area contributed by atoms with Crippen molar-refractivity contribution < 1.29 is 22.7 Å². The van der Waals surface area contributed by atoms with Gasteiger partial charge in [0, 0.05) is 11.9 Å². The lowest BCUT2D eigenvalue weighted by molar-refractivity contribution is -0.274. The van der Waals surface area contributed by atoms with E-state index in [4.69, 9.17) is 0 Å². The summed E-state index contributed by atoms with van der Waals surface area (Å²) in [5, 5.41) is 2.99. The number of halogens is 3. The van der Waals surface area contributed by atoms with Crippen LogP contribution in [0.5, 0.6) is 5.75 Å². The zero-order chi connectivity index (χ0) is 16.3. The van der Waals surface area contributed by atoms with Crippen molar-refractivity contribution >= 4 is 12.0 Å². The summed E-state index contributed by atoms with van der Waals surface area (Å²) >= 11 is 0. The molecule has 1 unspecified atom stereocenters. The zero-order valence-corrected chi connectivity index (χ0v) is 12.2. The number of hydrogen-bond donors (Lipinski definition) is 1. The first-order valence-corrected chi connectivity index (χ1v) is 6.86. The first-order valence-electron chi connectivity index (χ1n) is 6.86. The van der Waals surface area contributed by atoms with E-state index < -0.39 is 12.5 Å². The fraction of sp³-hybridized carbons (Fsp3) is 0.400. The van der Waals surface area contributed by atoms with Crippen LogP contribution >= 0.6 is 0 Å². The average molecular weight is 314 g/mol. The average Bonchev–Trinajstić information content (AvgIpc) is 2.79. The summed E-state index contributed by atoms with van der Waals surface area (Å²) in [6, 6.07) is 5.74. The summed E-state index contributed by atoms with van der Waals surface area (Å²) in [6.07, 6.45) is -2.54. The second kappa shape index (κ2) is 6.29. The van der Waals surface area contributed by atoms with Gasteiger partial charge in [0.2, 0.25) is 0 Å². The Balaban J connectivity index is 2.33. The molecule has 120 valence electrons. The summed E-state index contributed by atoms with van der Waals surface area (Å²) in [4.78, 5) is 12.7. The van der Waals surface area contributed by atoms with E-state index in [2.05, 4.69) is 10.1 Å². The Labute approximate surface area is 126 Å². The standard InChI is InChI=1S/C15H17F3N2O2/c1-10(2)7-11-8-20(14(9-21)19-11)12-5-3-4-6-13(12)22-15(16,17)18/h3-6,8-10,14,19H,7H2,1-2H3. The van der Waals surface area contributed by atoms with Crippen LogP contribution in [-0.2, 0) is 4.79 Å². The molecule has 2 rings (SSSR count). The van der Waals surface area contributed by atoms with Crippen molar-refractivity contribution in [3.63, 3.8) is 0 Å². The molecular formula is C15H17F3N2O2. The summed E-state index contributed by atoms with van der Waals surface area (Å²) < 4.78 is 41.5. The van der Waals surface area contributed by atoms with Gasteiger partial charge in [0.05, 0.1) is 5.69 Å². The topological polar surface area (TPSA) is 41.6 Å². The van der Waals surface area contributed by atoms with Crippen molar-refractivity contribution in [2.45, 2.75) is 32.8 Å². The summed E-state index contributed by atoms with van der Waals surface area (Å²) in [5.41, 5.74) is 0.983. The molecule has 1 aromatic rings. The Morgan fingerprint density at radius 1 is 1.36 bits per heavy atom. The van der Waals surface area contributed by atoms with Crippen LogP contribution in [-0.4, -0.2) is 18.8 Å². The van der Waals surface area contributed by atoms with Crippen LogP contribution in [0.25, 0.3) is 0 Å². The molecule has 0 bridgehead atoms. The third kappa shape index (κ3) is 3.93. The number of allylic oxidation sites excluding steroid dienone is 1. The molecule has 0 spiro atoms. The van der Waals surface area contributed by atoms with Gasteiger partial charge in [-0.2, -0.15) is 0 Å². The highest BCUT2D eigenvalue weighted by atomic mass is 19.4. The number of rotatable bonds is 5. The SMILES string of the molecule is CC(C)CC1=CN(c2ccccc2OC(F)(F)F)C(C=O)N1. The van der Waals surface area contributed by atoms with Gasteiger partial charge in [-0.05, 0) is 24.5 Å². The lowest BCUT2D eigenvalue weighted by Gasteiger charge is -2.23. The molecule has 1 aliphatic rings. The maximum absolute atomic E-state index is 12.5. The summed E-state index contributed by atoms with van der Waals surface area (Å²) in [5.74, 6) is 0.0124. The Morgan fingerprint density at radius 3 is 2.64 bits per heavy atom. The lowest BCUT2D eigenvalue weighted by atomic mass is 10.1. The zero-order valence-electron chi connectivity index (χ0n) is 12.2. The Morgan fingerprint density at radius 2 is 2.05 bits per heavy atom. The number of carbonyl (C=O) groups is 1. The van der Waals surface area contributed by atoms with Gasteiger partial charge >= 0.3 is 6.36 Å². The maximum atomic E-state index is 12.5. The fourth-order valence-corrected chi connectivity index (χ4v) is 2.30. The highest BCUT2D eigenvalue weighted by Crippen LogP contribution is 2.35. The molecule has 1 N–H and O–H groups in total. The van der Waals surface area contributed by atoms with E-state index in [0.29, 0.717) is 18.6 Å². The number of aldehydes is 1. The molecule has 1 aliphatic heterocycles. The number of hydrogen-bond acceptors (Lipinski definition) is 4. The lowest BCUT2D eigenvalue weighted by Crippen LogP contribution is -2.38. The van der Waals surface area contributed by atoms with Crippen molar-refractivity contribution in [3.05, 3.63) is 36.2 Å². The minimum absolute atomic E-state index is 0.184. The van der Waals surface area contributed by atoms with Gasteiger partial charge < -0.3 is 15.0 Å². The van der Waals surface area contributed by atoms with Crippen molar-refractivity contribution in [2.75, 3.05) is 4.90 Å². The van der Waals surface area contributed by atoms with Gasteiger partial charge in [0.15, 0.2) is 18.2 Å². The highest BCUT2D eigenvalue weighted by Gasteiger charge is 2.34. The minimum Gasteiger partial charge on any atom is -0.404 e. The van der Waals surface area contributed by atoms with E-state index in [-0.39, 0.29) is 11.4 Å². The van der Waals surface area contributed by atoms with Crippen LogP contribution in [0.1, 0.15) is 20.3 Å². The van der Waals surface area contributed by atoms with Gasteiger partial charge in [0.25, 0.3) is 0 Å². The second-order valence-electron chi connectivity index (χ2n) is 5.40. The van der Waals surface area contributed by atoms with Gasteiger partial charge in [-0.3, -0.25) is 4.79 Å². The predicted octanol–water partition coefficient (Wildman–Crippen LogP) is 3.41.